The molecule has 4 nitrogen and oxygen atoms in total. The largest absolute Gasteiger partial charge is 0.395 e. The fourth-order valence-electron chi connectivity index (χ4n) is 2.35. The Morgan fingerprint density at radius 1 is 1.32 bits per heavy atom. The number of rotatable bonds is 7. The Morgan fingerprint density at radius 3 is 2.59 bits per heavy atom. The van der Waals surface area contributed by atoms with Gasteiger partial charge in [0.25, 0.3) is 0 Å². The Kier molecular flexibility index (Phi) is 5.94. The maximum Gasteiger partial charge on any atom is 0.132 e. The minimum absolute atomic E-state index is 0.119. The van der Waals surface area contributed by atoms with Crippen molar-refractivity contribution in [2.75, 3.05) is 19.7 Å². The van der Waals surface area contributed by atoms with E-state index in [4.69, 9.17) is 16.7 Å². The maximum atomic E-state index is 13.0. The van der Waals surface area contributed by atoms with Crippen LogP contribution < -0.4 is 0 Å². The molecule has 6 heteroatoms. The molecule has 0 amide bonds. The zero-order chi connectivity index (χ0) is 16.1. The molecule has 0 aliphatic rings. The van der Waals surface area contributed by atoms with E-state index in [0.29, 0.717) is 24.8 Å². The number of aryl methyl sites for hydroxylation is 1. The van der Waals surface area contributed by atoms with Gasteiger partial charge in [0.05, 0.1) is 18.8 Å². The van der Waals surface area contributed by atoms with Crippen molar-refractivity contribution in [3.63, 3.8) is 0 Å². The standard InChI is InChI=1S/C16H21ClFN3O/c1-3-20(8-9-22)11-15-12(2)19-21(16(15)17)10-13-4-6-14(18)7-5-13/h4-7,22H,3,8-11H2,1-2H3. The molecule has 0 radical (unpaired) electrons. The predicted molar refractivity (Wildman–Crippen MR) is 85.5 cm³/mol. The highest BCUT2D eigenvalue weighted by Gasteiger charge is 2.16. The normalized spacial score (nSPS) is 11.4. The van der Waals surface area contributed by atoms with E-state index in [1.165, 1.54) is 12.1 Å². The molecule has 1 aromatic heterocycles. The van der Waals surface area contributed by atoms with Gasteiger partial charge in [-0.3, -0.25) is 4.90 Å². The van der Waals surface area contributed by atoms with E-state index in [9.17, 15) is 4.39 Å². The molecule has 0 saturated carbocycles. The highest BCUT2D eigenvalue weighted by atomic mass is 35.5. The van der Waals surface area contributed by atoms with Gasteiger partial charge in [-0.25, -0.2) is 9.07 Å². The van der Waals surface area contributed by atoms with Gasteiger partial charge in [0.1, 0.15) is 11.0 Å². The van der Waals surface area contributed by atoms with E-state index in [-0.39, 0.29) is 12.4 Å². The van der Waals surface area contributed by atoms with Crippen LogP contribution in [0.25, 0.3) is 0 Å². The molecule has 0 fully saturated rings. The second kappa shape index (κ2) is 7.72. The number of hydrogen-bond acceptors (Lipinski definition) is 3. The minimum atomic E-state index is -0.255. The summed E-state index contributed by atoms with van der Waals surface area (Å²) in [4.78, 5) is 2.11. The van der Waals surface area contributed by atoms with Crippen LogP contribution in [0.2, 0.25) is 5.15 Å². The van der Waals surface area contributed by atoms with Crippen LogP contribution in [-0.4, -0.2) is 39.5 Å². The molecule has 0 spiro atoms. The number of aliphatic hydroxyl groups excluding tert-OH is 1. The number of nitrogens with zero attached hydrogens (tertiary/aromatic N) is 3. The van der Waals surface area contributed by atoms with Crippen molar-refractivity contribution in [3.05, 3.63) is 52.1 Å². The van der Waals surface area contributed by atoms with Crippen LogP contribution in [0.5, 0.6) is 0 Å². The van der Waals surface area contributed by atoms with E-state index in [1.807, 2.05) is 13.8 Å². The highest BCUT2D eigenvalue weighted by Crippen LogP contribution is 2.22. The number of benzene rings is 1. The van der Waals surface area contributed by atoms with E-state index in [2.05, 4.69) is 10.00 Å². The van der Waals surface area contributed by atoms with Crippen LogP contribution >= 0.6 is 11.6 Å². The Hall–Kier alpha value is -1.43. The summed E-state index contributed by atoms with van der Waals surface area (Å²) in [7, 11) is 0. The first kappa shape index (κ1) is 16.9. The van der Waals surface area contributed by atoms with Gasteiger partial charge in [0.2, 0.25) is 0 Å². The van der Waals surface area contributed by atoms with Gasteiger partial charge in [-0.05, 0) is 31.2 Å². The SMILES string of the molecule is CCN(CCO)Cc1c(C)nn(Cc2ccc(F)cc2)c1Cl. The Morgan fingerprint density at radius 2 is 2.00 bits per heavy atom. The van der Waals surface area contributed by atoms with E-state index in [1.54, 1.807) is 16.8 Å². The van der Waals surface area contributed by atoms with Crippen LogP contribution in [-0.2, 0) is 13.1 Å². The predicted octanol–water partition coefficient (Wildman–Crippen LogP) is 2.85. The molecule has 1 aromatic carbocycles. The molecule has 1 heterocycles. The lowest BCUT2D eigenvalue weighted by Crippen LogP contribution is -2.26. The molecule has 2 aromatic rings. The van der Waals surface area contributed by atoms with Gasteiger partial charge in [-0.1, -0.05) is 30.7 Å². The van der Waals surface area contributed by atoms with Crippen LogP contribution in [0.4, 0.5) is 4.39 Å². The van der Waals surface area contributed by atoms with Crippen LogP contribution in [0.15, 0.2) is 24.3 Å². The van der Waals surface area contributed by atoms with Crippen LogP contribution in [0.3, 0.4) is 0 Å². The zero-order valence-electron chi connectivity index (χ0n) is 12.9. The lowest BCUT2D eigenvalue weighted by atomic mass is 10.2. The number of halogens is 2. The van der Waals surface area contributed by atoms with Crippen molar-refractivity contribution in [3.8, 4) is 0 Å². The first-order valence-electron chi connectivity index (χ1n) is 7.34. The molecule has 0 aliphatic heterocycles. The first-order chi connectivity index (χ1) is 10.5. The molecular formula is C16H21ClFN3O. The fourth-order valence-corrected chi connectivity index (χ4v) is 2.65. The van der Waals surface area contributed by atoms with Crippen molar-refractivity contribution in [2.24, 2.45) is 0 Å². The topological polar surface area (TPSA) is 41.3 Å². The van der Waals surface area contributed by atoms with E-state index >= 15 is 0 Å². The maximum absolute atomic E-state index is 13.0. The molecule has 1 N–H and O–H groups in total. The Bertz CT molecular complexity index is 613. The monoisotopic (exact) mass is 325 g/mol. The van der Waals surface area contributed by atoms with Crippen LogP contribution in [0, 0.1) is 12.7 Å². The third-order valence-corrected chi connectivity index (χ3v) is 4.10. The molecule has 22 heavy (non-hydrogen) atoms. The number of likely N-dealkylation sites (N-methyl/N-ethyl adjacent to an activating group) is 1. The molecule has 0 bridgehead atoms. The van der Waals surface area contributed by atoms with Crippen molar-refractivity contribution in [1.82, 2.24) is 14.7 Å². The summed E-state index contributed by atoms with van der Waals surface area (Å²) in [5.41, 5.74) is 2.79. The molecule has 2 rings (SSSR count). The van der Waals surface area contributed by atoms with Gasteiger partial charge >= 0.3 is 0 Å². The first-order valence-corrected chi connectivity index (χ1v) is 7.72. The summed E-state index contributed by atoms with van der Waals surface area (Å²) >= 11 is 6.45. The summed E-state index contributed by atoms with van der Waals surface area (Å²) in [6.07, 6.45) is 0. The lowest BCUT2D eigenvalue weighted by molar-refractivity contribution is 0.196. The van der Waals surface area contributed by atoms with Crippen molar-refractivity contribution in [1.29, 1.82) is 0 Å². The average Bonchev–Trinajstić information content (AvgIpc) is 2.76. The lowest BCUT2D eigenvalue weighted by Gasteiger charge is -2.18. The van der Waals surface area contributed by atoms with E-state index < -0.39 is 0 Å². The van der Waals surface area contributed by atoms with Gasteiger partial charge in [0.15, 0.2) is 0 Å². The van der Waals surface area contributed by atoms with Crippen molar-refractivity contribution in [2.45, 2.75) is 26.9 Å². The second-order valence-corrected chi connectivity index (χ2v) is 5.59. The highest BCUT2D eigenvalue weighted by molar-refractivity contribution is 6.30. The average molecular weight is 326 g/mol. The molecular weight excluding hydrogens is 305 g/mol. The van der Waals surface area contributed by atoms with Gasteiger partial charge in [-0.15, -0.1) is 0 Å². The third kappa shape index (κ3) is 4.06. The molecule has 120 valence electrons. The molecule has 0 saturated heterocycles. The molecule has 0 aliphatic carbocycles. The third-order valence-electron chi connectivity index (χ3n) is 3.67. The summed E-state index contributed by atoms with van der Waals surface area (Å²) < 4.78 is 14.7. The van der Waals surface area contributed by atoms with E-state index in [0.717, 1.165) is 23.4 Å². The summed E-state index contributed by atoms with van der Waals surface area (Å²) in [6.45, 7) is 6.69. The Labute approximate surface area is 135 Å². The van der Waals surface area contributed by atoms with Gasteiger partial charge in [-0.2, -0.15) is 5.10 Å². The summed E-state index contributed by atoms with van der Waals surface area (Å²) in [5, 5.41) is 14.2. The summed E-state index contributed by atoms with van der Waals surface area (Å²) in [6, 6.07) is 6.32. The quantitative estimate of drug-likeness (QED) is 0.851. The van der Waals surface area contributed by atoms with Crippen LogP contribution in [0.1, 0.15) is 23.7 Å². The molecule has 0 unspecified atom stereocenters. The minimum Gasteiger partial charge on any atom is -0.395 e. The number of hydrogen-bond donors (Lipinski definition) is 1. The Balaban J connectivity index is 2.17. The van der Waals surface area contributed by atoms with Crippen molar-refractivity contribution >= 4 is 11.6 Å². The van der Waals surface area contributed by atoms with Gasteiger partial charge in [0, 0.05) is 18.7 Å². The number of aliphatic hydroxyl groups is 1. The summed E-state index contributed by atoms with van der Waals surface area (Å²) in [5.74, 6) is -0.255. The fraction of sp³-hybridized carbons (Fsp3) is 0.438. The second-order valence-electron chi connectivity index (χ2n) is 5.23. The zero-order valence-corrected chi connectivity index (χ0v) is 13.6. The number of aromatic nitrogens is 2. The molecule has 0 atom stereocenters. The van der Waals surface area contributed by atoms with Crippen molar-refractivity contribution < 1.29 is 9.50 Å². The smallest absolute Gasteiger partial charge is 0.132 e. The van der Waals surface area contributed by atoms with Gasteiger partial charge < -0.3 is 5.11 Å².